The van der Waals surface area contributed by atoms with E-state index in [0.29, 0.717) is 12.6 Å². The molecule has 0 aliphatic carbocycles. The molecule has 0 saturated carbocycles. The van der Waals surface area contributed by atoms with Crippen LogP contribution in [0.15, 0.2) is 30.3 Å². The summed E-state index contributed by atoms with van der Waals surface area (Å²) in [5, 5.41) is 17.3. The average molecular weight is 315 g/mol. The molecule has 1 aromatic heterocycles. The monoisotopic (exact) mass is 315 g/mol. The zero-order valence-electron chi connectivity index (χ0n) is 14.9. The maximum absolute atomic E-state index is 9.12. The van der Waals surface area contributed by atoms with E-state index in [2.05, 4.69) is 68.4 Å². The summed E-state index contributed by atoms with van der Waals surface area (Å²) in [5.74, 6) is 0. The van der Waals surface area contributed by atoms with Crippen LogP contribution in [0, 0.1) is 13.8 Å². The van der Waals surface area contributed by atoms with Gasteiger partial charge in [-0.05, 0) is 26.3 Å². The van der Waals surface area contributed by atoms with Gasteiger partial charge < -0.3 is 10.4 Å². The minimum Gasteiger partial charge on any atom is -0.394 e. The van der Waals surface area contributed by atoms with Crippen molar-refractivity contribution in [3.05, 3.63) is 52.8 Å². The van der Waals surface area contributed by atoms with E-state index in [-0.39, 0.29) is 12.0 Å². The first-order valence-corrected chi connectivity index (χ1v) is 8.30. The van der Waals surface area contributed by atoms with Crippen molar-refractivity contribution in [2.75, 3.05) is 6.61 Å². The normalized spacial score (nSPS) is 13.3. The third-order valence-corrected chi connectivity index (χ3v) is 5.03. The van der Waals surface area contributed by atoms with E-state index in [0.717, 1.165) is 17.9 Å². The highest BCUT2D eigenvalue weighted by molar-refractivity contribution is 5.27. The Labute approximate surface area is 139 Å². The van der Waals surface area contributed by atoms with Gasteiger partial charge in [0.25, 0.3) is 0 Å². The van der Waals surface area contributed by atoms with Gasteiger partial charge >= 0.3 is 0 Å². The van der Waals surface area contributed by atoms with Gasteiger partial charge in [-0.1, -0.05) is 44.2 Å². The summed E-state index contributed by atoms with van der Waals surface area (Å²) in [6.45, 7) is 12.3. The van der Waals surface area contributed by atoms with E-state index in [4.69, 9.17) is 5.11 Å². The quantitative estimate of drug-likeness (QED) is 0.826. The third kappa shape index (κ3) is 3.82. The van der Waals surface area contributed by atoms with Crippen molar-refractivity contribution in [1.82, 2.24) is 15.1 Å². The average Bonchev–Trinajstić information content (AvgIpc) is 2.80. The van der Waals surface area contributed by atoms with Crippen LogP contribution < -0.4 is 5.32 Å². The molecule has 1 aromatic carbocycles. The SMILES string of the molecule is Cc1nn(CCO)c(C)c1CN[C@H](C)C(C)(C)c1ccccc1. The Kier molecular flexibility index (Phi) is 5.60. The molecule has 0 saturated heterocycles. The lowest BCUT2D eigenvalue weighted by Gasteiger charge is -2.33. The number of aromatic nitrogens is 2. The molecule has 0 bridgehead atoms. The van der Waals surface area contributed by atoms with Crippen LogP contribution in [0.3, 0.4) is 0 Å². The van der Waals surface area contributed by atoms with E-state index >= 15 is 0 Å². The van der Waals surface area contributed by atoms with E-state index in [1.54, 1.807) is 0 Å². The Balaban J connectivity index is 2.09. The molecule has 0 aliphatic rings. The number of nitrogens with one attached hydrogen (secondary N) is 1. The maximum Gasteiger partial charge on any atom is 0.0644 e. The second-order valence-electron chi connectivity index (χ2n) is 6.79. The molecule has 1 atom stereocenters. The van der Waals surface area contributed by atoms with Crippen molar-refractivity contribution in [2.24, 2.45) is 0 Å². The zero-order valence-corrected chi connectivity index (χ0v) is 14.9. The summed E-state index contributed by atoms with van der Waals surface area (Å²) in [4.78, 5) is 0. The van der Waals surface area contributed by atoms with Crippen molar-refractivity contribution in [2.45, 2.75) is 59.2 Å². The second-order valence-corrected chi connectivity index (χ2v) is 6.79. The number of benzene rings is 1. The van der Waals surface area contributed by atoms with Gasteiger partial charge in [-0.3, -0.25) is 4.68 Å². The highest BCUT2D eigenvalue weighted by atomic mass is 16.3. The smallest absolute Gasteiger partial charge is 0.0644 e. The number of aliphatic hydroxyl groups excluding tert-OH is 1. The molecule has 2 aromatic rings. The minimum absolute atomic E-state index is 0.0458. The number of aryl methyl sites for hydroxylation is 1. The lowest BCUT2D eigenvalue weighted by atomic mass is 9.78. The van der Waals surface area contributed by atoms with Crippen molar-refractivity contribution >= 4 is 0 Å². The minimum atomic E-state index is 0.0458. The van der Waals surface area contributed by atoms with E-state index in [9.17, 15) is 0 Å². The Morgan fingerprint density at radius 3 is 2.48 bits per heavy atom. The van der Waals surface area contributed by atoms with Gasteiger partial charge in [0.05, 0.1) is 18.8 Å². The van der Waals surface area contributed by atoms with Crippen LogP contribution in [0.25, 0.3) is 0 Å². The molecule has 0 radical (unpaired) electrons. The zero-order chi connectivity index (χ0) is 17.0. The molecule has 2 rings (SSSR count). The molecule has 0 spiro atoms. The molecule has 2 N–H and O–H groups in total. The number of hydrogen-bond donors (Lipinski definition) is 2. The highest BCUT2D eigenvalue weighted by Gasteiger charge is 2.27. The first kappa shape index (κ1) is 17.7. The maximum atomic E-state index is 9.12. The summed E-state index contributed by atoms with van der Waals surface area (Å²) < 4.78 is 1.89. The number of nitrogens with zero attached hydrogens (tertiary/aromatic N) is 2. The number of aliphatic hydroxyl groups is 1. The predicted molar refractivity (Wildman–Crippen MR) is 94.6 cm³/mol. The van der Waals surface area contributed by atoms with Crippen LogP contribution >= 0.6 is 0 Å². The fourth-order valence-electron chi connectivity index (χ4n) is 2.93. The Hall–Kier alpha value is -1.65. The van der Waals surface area contributed by atoms with Gasteiger partial charge in [0.1, 0.15) is 0 Å². The van der Waals surface area contributed by atoms with Crippen LogP contribution in [0.4, 0.5) is 0 Å². The van der Waals surface area contributed by atoms with Crippen LogP contribution in [0.1, 0.15) is 43.3 Å². The summed E-state index contributed by atoms with van der Waals surface area (Å²) in [6.07, 6.45) is 0. The second kappa shape index (κ2) is 7.28. The molecule has 0 amide bonds. The van der Waals surface area contributed by atoms with Crippen molar-refractivity contribution in [3.8, 4) is 0 Å². The van der Waals surface area contributed by atoms with Gasteiger partial charge in [0.2, 0.25) is 0 Å². The van der Waals surface area contributed by atoms with Gasteiger partial charge in [-0.25, -0.2) is 0 Å². The number of rotatable bonds is 7. The molecule has 0 fully saturated rings. The van der Waals surface area contributed by atoms with E-state index in [1.807, 2.05) is 11.6 Å². The molecule has 126 valence electrons. The van der Waals surface area contributed by atoms with Crippen LogP contribution in [0.2, 0.25) is 0 Å². The Morgan fingerprint density at radius 1 is 1.22 bits per heavy atom. The fourth-order valence-corrected chi connectivity index (χ4v) is 2.93. The lowest BCUT2D eigenvalue weighted by Crippen LogP contribution is -2.42. The highest BCUT2D eigenvalue weighted by Crippen LogP contribution is 2.27. The van der Waals surface area contributed by atoms with Gasteiger partial charge in [0.15, 0.2) is 0 Å². The molecule has 4 heteroatoms. The fraction of sp³-hybridized carbons (Fsp3) is 0.526. The van der Waals surface area contributed by atoms with Gasteiger partial charge in [-0.2, -0.15) is 5.10 Å². The van der Waals surface area contributed by atoms with Gasteiger partial charge in [0, 0.05) is 29.3 Å². The van der Waals surface area contributed by atoms with Gasteiger partial charge in [-0.15, -0.1) is 0 Å². The summed E-state index contributed by atoms with van der Waals surface area (Å²) in [6, 6.07) is 10.9. The molecule has 0 unspecified atom stereocenters. The third-order valence-electron chi connectivity index (χ3n) is 5.03. The standard InChI is InChI=1S/C19H29N3O/c1-14-18(15(2)22(21-14)11-12-23)13-20-16(3)19(4,5)17-9-7-6-8-10-17/h6-10,16,20,23H,11-13H2,1-5H3/t16-/m1/s1. The van der Waals surface area contributed by atoms with Crippen molar-refractivity contribution in [3.63, 3.8) is 0 Å². The summed E-state index contributed by atoms with van der Waals surface area (Å²) >= 11 is 0. The van der Waals surface area contributed by atoms with Crippen LogP contribution in [-0.2, 0) is 18.5 Å². The molecule has 4 nitrogen and oxygen atoms in total. The first-order chi connectivity index (χ1) is 10.9. The molecule has 23 heavy (non-hydrogen) atoms. The lowest BCUT2D eigenvalue weighted by molar-refractivity contribution is 0.267. The Bertz CT molecular complexity index is 632. The summed E-state index contributed by atoms with van der Waals surface area (Å²) in [5.41, 5.74) is 4.78. The number of hydrogen-bond acceptors (Lipinski definition) is 3. The van der Waals surface area contributed by atoms with Crippen molar-refractivity contribution < 1.29 is 5.11 Å². The molecular formula is C19H29N3O. The Morgan fingerprint density at radius 2 is 1.87 bits per heavy atom. The van der Waals surface area contributed by atoms with E-state index in [1.165, 1.54) is 11.1 Å². The topological polar surface area (TPSA) is 50.1 Å². The molecule has 1 heterocycles. The predicted octanol–water partition coefficient (Wildman–Crippen LogP) is 2.95. The molecule has 0 aliphatic heterocycles. The van der Waals surface area contributed by atoms with E-state index < -0.39 is 0 Å². The van der Waals surface area contributed by atoms with Crippen molar-refractivity contribution in [1.29, 1.82) is 0 Å². The van der Waals surface area contributed by atoms with Crippen LogP contribution in [0.5, 0.6) is 0 Å². The summed E-state index contributed by atoms with van der Waals surface area (Å²) in [7, 11) is 0. The largest absolute Gasteiger partial charge is 0.394 e. The molecular weight excluding hydrogens is 286 g/mol. The first-order valence-electron chi connectivity index (χ1n) is 8.30. The van der Waals surface area contributed by atoms with Crippen LogP contribution in [-0.4, -0.2) is 27.5 Å².